The number of sulfonamides is 1. The number of aromatic nitrogens is 1. The molecule has 0 saturated carbocycles. The number of benzene rings is 2. The van der Waals surface area contributed by atoms with Crippen LogP contribution in [0.15, 0.2) is 71.9 Å². The Labute approximate surface area is 153 Å². The van der Waals surface area contributed by atoms with Gasteiger partial charge in [-0.3, -0.25) is 9.88 Å². The van der Waals surface area contributed by atoms with E-state index in [9.17, 15) is 8.42 Å². The SMILES string of the molecule is O=S(=O)(c1ccc2ccccc2c1)N1CCN(Cc2cccnc2)CC1. The van der Waals surface area contributed by atoms with Gasteiger partial charge in [-0.05, 0) is 34.5 Å². The average molecular weight is 367 g/mol. The molecule has 0 N–H and O–H groups in total. The molecular weight excluding hydrogens is 346 g/mol. The molecule has 1 aromatic heterocycles. The maximum absolute atomic E-state index is 13.0. The topological polar surface area (TPSA) is 53.5 Å². The fraction of sp³-hybridized carbons (Fsp3) is 0.250. The molecule has 1 aliphatic rings. The van der Waals surface area contributed by atoms with Crippen molar-refractivity contribution in [3.8, 4) is 0 Å². The van der Waals surface area contributed by atoms with Crippen LogP contribution in [0.5, 0.6) is 0 Å². The highest BCUT2D eigenvalue weighted by molar-refractivity contribution is 7.89. The van der Waals surface area contributed by atoms with Crippen molar-refractivity contribution in [2.45, 2.75) is 11.4 Å². The van der Waals surface area contributed by atoms with Gasteiger partial charge in [-0.2, -0.15) is 4.31 Å². The van der Waals surface area contributed by atoms with Crippen LogP contribution >= 0.6 is 0 Å². The standard InChI is InChI=1S/C20H21N3O2S/c24-26(25,20-8-7-18-5-1-2-6-19(18)14-20)23-12-10-22(11-13-23)16-17-4-3-9-21-15-17/h1-9,14-15H,10-13,16H2. The Bertz CT molecular complexity index is 998. The summed E-state index contributed by atoms with van der Waals surface area (Å²) in [7, 11) is -3.46. The lowest BCUT2D eigenvalue weighted by Gasteiger charge is -2.34. The average Bonchev–Trinajstić information content (AvgIpc) is 2.69. The normalized spacial score (nSPS) is 16.8. The lowest BCUT2D eigenvalue weighted by molar-refractivity contribution is 0.181. The van der Waals surface area contributed by atoms with Gasteiger partial charge in [0.05, 0.1) is 4.90 Å². The summed E-state index contributed by atoms with van der Waals surface area (Å²) in [5.74, 6) is 0. The van der Waals surface area contributed by atoms with Crippen LogP contribution in [0.1, 0.15) is 5.56 Å². The van der Waals surface area contributed by atoms with Crippen molar-refractivity contribution >= 4 is 20.8 Å². The van der Waals surface area contributed by atoms with Crippen LogP contribution in [0.25, 0.3) is 10.8 Å². The molecule has 0 unspecified atom stereocenters. The fourth-order valence-electron chi connectivity index (χ4n) is 3.35. The molecule has 26 heavy (non-hydrogen) atoms. The van der Waals surface area contributed by atoms with E-state index in [1.54, 1.807) is 22.6 Å². The molecule has 3 aromatic rings. The number of nitrogens with zero attached hydrogens (tertiary/aromatic N) is 3. The molecule has 1 aliphatic heterocycles. The molecule has 1 saturated heterocycles. The van der Waals surface area contributed by atoms with E-state index in [1.807, 2.05) is 48.7 Å². The minimum atomic E-state index is -3.46. The highest BCUT2D eigenvalue weighted by Gasteiger charge is 2.28. The van der Waals surface area contributed by atoms with Gasteiger partial charge in [-0.15, -0.1) is 0 Å². The third kappa shape index (κ3) is 3.49. The molecular formula is C20H21N3O2S. The molecule has 6 heteroatoms. The first kappa shape index (κ1) is 17.1. The summed E-state index contributed by atoms with van der Waals surface area (Å²) in [4.78, 5) is 6.78. The third-order valence-corrected chi connectivity index (χ3v) is 6.71. The minimum absolute atomic E-state index is 0.372. The van der Waals surface area contributed by atoms with E-state index in [-0.39, 0.29) is 0 Å². The zero-order valence-electron chi connectivity index (χ0n) is 14.5. The first-order valence-corrected chi connectivity index (χ1v) is 10.2. The number of hydrogen-bond donors (Lipinski definition) is 0. The summed E-state index contributed by atoms with van der Waals surface area (Å²) in [5.41, 5.74) is 1.15. The van der Waals surface area contributed by atoms with Crippen LogP contribution in [0.4, 0.5) is 0 Å². The second-order valence-electron chi connectivity index (χ2n) is 6.55. The highest BCUT2D eigenvalue weighted by atomic mass is 32.2. The monoisotopic (exact) mass is 367 g/mol. The lowest BCUT2D eigenvalue weighted by atomic mass is 10.1. The minimum Gasteiger partial charge on any atom is -0.296 e. The van der Waals surface area contributed by atoms with Crippen molar-refractivity contribution in [3.05, 3.63) is 72.6 Å². The van der Waals surface area contributed by atoms with Crippen LogP contribution in [-0.4, -0.2) is 48.8 Å². The zero-order chi connectivity index (χ0) is 18.0. The van der Waals surface area contributed by atoms with Gasteiger partial charge in [0.25, 0.3) is 0 Å². The molecule has 0 aliphatic carbocycles. The van der Waals surface area contributed by atoms with Crippen LogP contribution in [-0.2, 0) is 16.6 Å². The maximum Gasteiger partial charge on any atom is 0.243 e. The van der Waals surface area contributed by atoms with Crippen LogP contribution in [0.3, 0.4) is 0 Å². The van der Waals surface area contributed by atoms with E-state index < -0.39 is 10.0 Å². The van der Waals surface area contributed by atoms with Crippen molar-refractivity contribution in [2.75, 3.05) is 26.2 Å². The first-order chi connectivity index (χ1) is 12.6. The van der Waals surface area contributed by atoms with Gasteiger partial charge in [0.15, 0.2) is 0 Å². The van der Waals surface area contributed by atoms with Gasteiger partial charge in [0.1, 0.15) is 0 Å². The Morgan fingerprint density at radius 3 is 2.38 bits per heavy atom. The summed E-state index contributed by atoms with van der Waals surface area (Å²) in [5, 5.41) is 2.00. The van der Waals surface area contributed by atoms with Crippen molar-refractivity contribution in [3.63, 3.8) is 0 Å². The van der Waals surface area contributed by atoms with E-state index in [2.05, 4.69) is 9.88 Å². The molecule has 0 spiro atoms. The van der Waals surface area contributed by atoms with Crippen molar-refractivity contribution in [1.29, 1.82) is 0 Å². The third-order valence-electron chi connectivity index (χ3n) is 4.82. The first-order valence-electron chi connectivity index (χ1n) is 8.73. The van der Waals surface area contributed by atoms with Crippen LogP contribution < -0.4 is 0 Å². The number of fused-ring (bicyclic) bond motifs is 1. The van der Waals surface area contributed by atoms with E-state index in [0.717, 1.165) is 36.0 Å². The van der Waals surface area contributed by atoms with E-state index in [4.69, 9.17) is 0 Å². The molecule has 134 valence electrons. The lowest BCUT2D eigenvalue weighted by Crippen LogP contribution is -2.48. The van der Waals surface area contributed by atoms with Gasteiger partial charge < -0.3 is 0 Å². The molecule has 0 atom stereocenters. The largest absolute Gasteiger partial charge is 0.296 e. The van der Waals surface area contributed by atoms with E-state index in [0.29, 0.717) is 18.0 Å². The summed E-state index contributed by atoms with van der Waals surface area (Å²) < 4.78 is 27.6. The smallest absolute Gasteiger partial charge is 0.243 e. The highest BCUT2D eigenvalue weighted by Crippen LogP contribution is 2.23. The molecule has 2 heterocycles. The van der Waals surface area contributed by atoms with Crippen molar-refractivity contribution in [1.82, 2.24) is 14.2 Å². The van der Waals surface area contributed by atoms with Crippen molar-refractivity contribution in [2.24, 2.45) is 0 Å². The maximum atomic E-state index is 13.0. The molecule has 0 radical (unpaired) electrons. The number of piperazine rings is 1. The fourth-order valence-corrected chi connectivity index (χ4v) is 4.81. The zero-order valence-corrected chi connectivity index (χ0v) is 15.3. The van der Waals surface area contributed by atoms with E-state index >= 15 is 0 Å². The Balaban J connectivity index is 1.47. The summed E-state index contributed by atoms with van der Waals surface area (Å²) >= 11 is 0. The molecule has 0 amide bonds. The van der Waals surface area contributed by atoms with Crippen molar-refractivity contribution < 1.29 is 8.42 Å². The second-order valence-corrected chi connectivity index (χ2v) is 8.49. The predicted molar refractivity (Wildman–Crippen MR) is 102 cm³/mol. The van der Waals surface area contributed by atoms with Crippen LogP contribution in [0, 0.1) is 0 Å². The van der Waals surface area contributed by atoms with Crippen LogP contribution in [0.2, 0.25) is 0 Å². The van der Waals surface area contributed by atoms with Gasteiger partial charge in [0.2, 0.25) is 10.0 Å². The molecule has 4 rings (SSSR count). The molecule has 1 fully saturated rings. The summed E-state index contributed by atoms with van der Waals surface area (Å²) in [6, 6.07) is 17.1. The number of hydrogen-bond acceptors (Lipinski definition) is 4. The Morgan fingerprint density at radius 2 is 1.65 bits per heavy atom. The number of pyridine rings is 1. The van der Waals surface area contributed by atoms with Gasteiger partial charge >= 0.3 is 0 Å². The Hall–Kier alpha value is -2.28. The molecule has 5 nitrogen and oxygen atoms in total. The summed E-state index contributed by atoms with van der Waals surface area (Å²) in [6.45, 7) is 3.27. The predicted octanol–water partition coefficient (Wildman–Crippen LogP) is 2.74. The summed E-state index contributed by atoms with van der Waals surface area (Å²) in [6.07, 6.45) is 3.62. The van der Waals surface area contributed by atoms with E-state index in [1.165, 1.54) is 0 Å². The van der Waals surface area contributed by atoms with Gasteiger partial charge in [0, 0.05) is 45.1 Å². The van der Waals surface area contributed by atoms with Gasteiger partial charge in [-0.25, -0.2) is 8.42 Å². The number of rotatable bonds is 4. The quantitative estimate of drug-likeness (QED) is 0.712. The Morgan fingerprint density at radius 1 is 0.885 bits per heavy atom. The Kier molecular flexibility index (Phi) is 4.72. The van der Waals surface area contributed by atoms with Gasteiger partial charge in [-0.1, -0.05) is 36.4 Å². The molecule has 0 bridgehead atoms. The molecule has 2 aromatic carbocycles. The second kappa shape index (κ2) is 7.15.